The van der Waals surface area contributed by atoms with Crippen molar-refractivity contribution in [2.24, 2.45) is 5.73 Å². The standard InChI is InChI=1S/C15H23N3/c1-6-11(16)13-14(15(3,4)5)17-12-8-7-10(2)9-18(12)13/h7-9,11H,6,16H2,1-5H3. The molecule has 0 radical (unpaired) electrons. The number of aromatic nitrogens is 2. The maximum absolute atomic E-state index is 6.29. The highest BCUT2D eigenvalue weighted by Crippen LogP contribution is 2.30. The summed E-state index contributed by atoms with van der Waals surface area (Å²) in [6.45, 7) is 10.8. The third-order valence-electron chi connectivity index (χ3n) is 3.30. The van der Waals surface area contributed by atoms with Crippen LogP contribution < -0.4 is 5.73 Å². The second kappa shape index (κ2) is 4.39. The fraction of sp³-hybridized carbons (Fsp3) is 0.533. The monoisotopic (exact) mass is 245 g/mol. The Balaban J connectivity index is 2.78. The van der Waals surface area contributed by atoms with E-state index >= 15 is 0 Å². The van der Waals surface area contributed by atoms with Crippen LogP contribution in [0.2, 0.25) is 0 Å². The summed E-state index contributed by atoms with van der Waals surface area (Å²) in [7, 11) is 0. The van der Waals surface area contributed by atoms with Crippen LogP contribution in [-0.4, -0.2) is 9.38 Å². The number of fused-ring (bicyclic) bond motifs is 1. The van der Waals surface area contributed by atoms with Gasteiger partial charge in [-0.05, 0) is 25.0 Å². The van der Waals surface area contributed by atoms with Crippen molar-refractivity contribution in [2.75, 3.05) is 0 Å². The third kappa shape index (κ3) is 2.15. The van der Waals surface area contributed by atoms with E-state index in [4.69, 9.17) is 10.7 Å². The van der Waals surface area contributed by atoms with E-state index in [0.29, 0.717) is 0 Å². The molecular formula is C15H23N3. The summed E-state index contributed by atoms with van der Waals surface area (Å²) >= 11 is 0. The van der Waals surface area contributed by atoms with Crippen LogP contribution in [-0.2, 0) is 5.41 Å². The number of aryl methyl sites for hydroxylation is 1. The van der Waals surface area contributed by atoms with Gasteiger partial charge in [-0.15, -0.1) is 0 Å². The van der Waals surface area contributed by atoms with Gasteiger partial charge in [0.1, 0.15) is 5.65 Å². The SMILES string of the molecule is CCC(N)c1c(C(C)(C)C)nc2ccc(C)cn12. The Kier molecular flexibility index (Phi) is 3.20. The zero-order valence-corrected chi connectivity index (χ0v) is 12.0. The van der Waals surface area contributed by atoms with E-state index in [-0.39, 0.29) is 11.5 Å². The highest BCUT2D eigenvalue weighted by atomic mass is 15.0. The van der Waals surface area contributed by atoms with Gasteiger partial charge in [0.15, 0.2) is 0 Å². The van der Waals surface area contributed by atoms with E-state index in [1.807, 2.05) is 0 Å². The smallest absolute Gasteiger partial charge is 0.137 e. The van der Waals surface area contributed by atoms with Gasteiger partial charge in [-0.2, -0.15) is 0 Å². The van der Waals surface area contributed by atoms with Gasteiger partial charge < -0.3 is 10.1 Å². The highest BCUT2D eigenvalue weighted by molar-refractivity contribution is 5.47. The molecule has 1 unspecified atom stereocenters. The molecule has 3 nitrogen and oxygen atoms in total. The summed E-state index contributed by atoms with van der Waals surface area (Å²) in [6.07, 6.45) is 3.05. The number of nitrogens with zero attached hydrogens (tertiary/aromatic N) is 2. The molecule has 0 aliphatic rings. The molecule has 0 spiro atoms. The molecule has 0 aromatic carbocycles. The minimum absolute atomic E-state index is 0.0159. The third-order valence-corrected chi connectivity index (χ3v) is 3.30. The Morgan fingerprint density at radius 2 is 2.00 bits per heavy atom. The number of pyridine rings is 1. The second-order valence-electron chi connectivity index (χ2n) is 6.05. The molecule has 0 saturated carbocycles. The largest absolute Gasteiger partial charge is 0.323 e. The predicted molar refractivity (Wildman–Crippen MR) is 75.8 cm³/mol. The molecule has 2 aromatic heterocycles. The van der Waals surface area contributed by atoms with E-state index in [9.17, 15) is 0 Å². The van der Waals surface area contributed by atoms with Gasteiger partial charge in [0.2, 0.25) is 0 Å². The molecule has 0 saturated heterocycles. The number of hydrogen-bond donors (Lipinski definition) is 1. The van der Waals surface area contributed by atoms with Crippen molar-refractivity contribution in [2.45, 2.75) is 52.5 Å². The van der Waals surface area contributed by atoms with Crippen molar-refractivity contribution < 1.29 is 0 Å². The van der Waals surface area contributed by atoms with E-state index in [1.165, 1.54) is 5.56 Å². The molecule has 2 N–H and O–H groups in total. The number of nitrogens with two attached hydrogens (primary N) is 1. The van der Waals surface area contributed by atoms with Crippen molar-refractivity contribution in [1.82, 2.24) is 9.38 Å². The average molecular weight is 245 g/mol. The van der Waals surface area contributed by atoms with Gasteiger partial charge >= 0.3 is 0 Å². The topological polar surface area (TPSA) is 43.3 Å². The minimum atomic E-state index is 0.0159. The maximum Gasteiger partial charge on any atom is 0.137 e. The van der Waals surface area contributed by atoms with Gasteiger partial charge in [-0.1, -0.05) is 33.8 Å². The molecule has 18 heavy (non-hydrogen) atoms. The van der Waals surface area contributed by atoms with Crippen LogP contribution in [0.25, 0.3) is 5.65 Å². The predicted octanol–water partition coefficient (Wildman–Crippen LogP) is 3.35. The molecule has 0 bridgehead atoms. The van der Waals surface area contributed by atoms with E-state index in [2.05, 4.69) is 57.3 Å². The zero-order valence-electron chi connectivity index (χ0n) is 12.0. The first kappa shape index (κ1) is 13.1. The first-order valence-electron chi connectivity index (χ1n) is 6.59. The van der Waals surface area contributed by atoms with Gasteiger partial charge in [0.05, 0.1) is 11.4 Å². The lowest BCUT2D eigenvalue weighted by atomic mass is 9.88. The van der Waals surface area contributed by atoms with Crippen LogP contribution in [0.1, 0.15) is 57.1 Å². The lowest BCUT2D eigenvalue weighted by molar-refractivity contribution is 0.545. The Morgan fingerprint density at radius 3 is 2.56 bits per heavy atom. The van der Waals surface area contributed by atoms with Crippen LogP contribution in [0.4, 0.5) is 0 Å². The van der Waals surface area contributed by atoms with Crippen molar-refractivity contribution in [3.05, 3.63) is 35.3 Å². The van der Waals surface area contributed by atoms with Crippen LogP contribution >= 0.6 is 0 Å². The van der Waals surface area contributed by atoms with E-state index < -0.39 is 0 Å². The summed E-state index contributed by atoms with van der Waals surface area (Å²) in [5.41, 5.74) is 10.8. The molecule has 2 aromatic rings. The first-order chi connectivity index (χ1) is 8.34. The van der Waals surface area contributed by atoms with Crippen molar-refractivity contribution >= 4 is 5.65 Å². The lowest BCUT2D eigenvalue weighted by Gasteiger charge is -2.20. The summed E-state index contributed by atoms with van der Waals surface area (Å²) in [6, 6.07) is 4.20. The van der Waals surface area contributed by atoms with Gasteiger partial charge in [-0.25, -0.2) is 4.98 Å². The van der Waals surface area contributed by atoms with Crippen molar-refractivity contribution in [1.29, 1.82) is 0 Å². The van der Waals surface area contributed by atoms with Crippen LogP contribution in [0.5, 0.6) is 0 Å². The summed E-state index contributed by atoms with van der Waals surface area (Å²) < 4.78 is 2.16. The normalized spacial score (nSPS) is 14.1. The van der Waals surface area contributed by atoms with Gasteiger partial charge in [0, 0.05) is 17.7 Å². The number of rotatable bonds is 2. The second-order valence-corrected chi connectivity index (χ2v) is 6.05. The highest BCUT2D eigenvalue weighted by Gasteiger charge is 2.26. The molecule has 2 rings (SSSR count). The fourth-order valence-electron chi connectivity index (χ4n) is 2.27. The van der Waals surface area contributed by atoms with E-state index in [1.54, 1.807) is 0 Å². The fourth-order valence-corrected chi connectivity index (χ4v) is 2.27. The molecule has 0 fully saturated rings. The minimum Gasteiger partial charge on any atom is -0.323 e. The molecular weight excluding hydrogens is 222 g/mol. The molecule has 98 valence electrons. The summed E-state index contributed by atoms with van der Waals surface area (Å²) in [4.78, 5) is 4.78. The first-order valence-corrected chi connectivity index (χ1v) is 6.59. The Bertz CT molecular complexity index is 561. The van der Waals surface area contributed by atoms with Gasteiger partial charge in [-0.3, -0.25) is 0 Å². The Hall–Kier alpha value is -1.35. The quantitative estimate of drug-likeness (QED) is 0.881. The average Bonchev–Trinajstić information content (AvgIpc) is 2.66. The van der Waals surface area contributed by atoms with Crippen LogP contribution in [0.15, 0.2) is 18.3 Å². The van der Waals surface area contributed by atoms with E-state index in [0.717, 1.165) is 23.5 Å². The Labute approximate surface area is 109 Å². The summed E-state index contributed by atoms with van der Waals surface area (Å²) in [5, 5.41) is 0. The van der Waals surface area contributed by atoms with Crippen LogP contribution in [0, 0.1) is 6.92 Å². The number of imidazole rings is 1. The van der Waals surface area contributed by atoms with Crippen molar-refractivity contribution in [3.8, 4) is 0 Å². The van der Waals surface area contributed by atoms with Crippen LogP contribution in [0.3, 0.4) is 0 Å². The van der Waals surface area contributed by atoms with Crippen molar-refractivity contribution in [3.63, 3.8) is 0 Å². The molecule has 0 amide bonds. The molecule has 0 aliphatic heterocycles. The molecule has 1 atom stereocenters. The Morgan fingerprint density at radius 1 is 1.33 bits per heavy atom. The lowest BCUT2D eigenvalue weighted by Crippen LogP contribution is -2.20. The molecule has 0 aliphatic carbocycles. The molecule has 3 heteroatoms. The molecule has 2 heterocycles. The number of hydrogen-bond acceptors (Lipinski definition) is 2. The maximum atomic E-state index is 6.29. The summed E-state index contributed by atoms with van der Waals surface area (Å²) in [5.74, 6) is 0. The zero-order chi connectivity index (χ0) is 13.5. The van der Waals surface area contributed by atoms with Gasteiger partial charge in [0.25, 0.3) is 0 Å².